The SMILES string of the molecule is COc1cc(OC)c(OC)cc1CNC(=O)CN1CCN(c2ccc(O)cc2)CC1. The number of methoxy groups -OCH3 is 3. The predicted molar refractivity (Wildman–Crippen MR) is 115 cm³/mol. The lowest BCUT2D eigenvalue weighted by Crippen LogP contribution is -2.49. The molecule has 0 radical (unpaired) electrons. The number of carbonyl (C=O) groups excluding carboxylic acids is 1. The normalized spacial score (nSPS) is 14.3. The van der Waals surface area contributed by atoms with Crippen LogP contribution in [0.1, 0.15) is 5.56 Å². The summed E-state index contributed by atoms with van der Waals surface area (Å²) in [5.41, 5.74) is 1.90. The first-order valence-electron chi connectivity index (χ1n) is 9.86. The van der Waals surface area contributed by atoms with Gasteiger partial charge < -0.3 is 29.5 Å². The molecule has 3 rings (SSSR count). The third-order valence-corrected chi connectivity index (χ3v) is 5.22. The number of hydrogen-bond donors (Lipinski definition) is 2. The van der Waals surface area contributed by atoms with Crippen LogP contribution in [-0.4, -0.2) is 70.0 Å². The molecule has 0 bridgehead atoms. The van der Waals surface area contributed by atoms with E-state index in [4.69, 9.17) is 14.2 Å². The van der Waals surface area contributed by atoms with Crippen LogP contribution in [0.4, 0.5) is 5.69 Å². The van der Waals surface area contributed by atoms with Gasteiger partial charge in [-0.15, -0.1) is 0 Å². The number of carbonyl (C=O) groups is 1. The van der Waals surface area contributed by atoms with E-state index >= 15 is 0 Å². The monoisotopic (exact) mass is 415 g/mol. The number of benzene rings is 2. The van der Waals surface area contributed by atoms with Crippen LogP contribution in [0, 0.1) is 0 Å². The van der Waals surface area contributed by atoms with Crippen LogP contribution >= 0.6 is 0 Å². The molecule has 1 aliphatic heterocycles. The average molecular weight is 415 g/mol. The summed E-state index contributed by atoms with van der Waals surface area (Å²) in [5, 5.41) is 12.4. The molecule has 1 aliphatic rings. The number of nitrogens with zero attached hydrogens (tertiary/aromatic N) is 2. The second kappa shape index (κ2) is 10.1. The van der Waals surface area contributed by atoms with Gasteiger partial charge in [0.05, 0.1) is 27.9 Å². The van der Waals surface area contributed by atoms with E-state index in [1.165, 1.54) is 0 Å². The van der Waals surface area contributed by atoms with Crippen LogP contribution in [0.25, 0.3) is 0 Å². The summed E-state index contributed by atoms with van der Waals surface area (Å²) in [6, 6.07) is 10.8. The molecule has 8 nitrogen and oxygen atoms in total. The lowest BCUT2D eigenvalue weighted by atomic mass is 10.1. The van der Waals surface area contributed by atoms with Gasteiger partial charge in [-0.3, -0.25) is 9.69 Å². The molecule has 2 N–H and O–H groups in total. The zero-order valence-corrected chi connectivity index (χ0v) is 17.7. The molecule has 0 spiro atoms. The lowest BCUT2D eigenvalue weighted by Gasteiger charge is -2.35. The van der Waals surface area contributed by atoms with Gasteiger partial charge in [-0.2, -0.15) is 0 Å². The molecule has 1 heterocycles. The van der Waals surface area contributed by atoms with Crippen LogP contribution in [0.2, 0.25) is 0 Å². The van der Waals surface area contributed by atoms with Gasteiger partial charge in [-0.05, 0) is 30.3 Å². The maximum absolute atomic E-state index is 12.5. The van der Waals surface area contributed by atoms with E-state index < -0.39 is 0 Å². The number of piperazine rings is 1. The highest BCUT2D eigenvalue weighted by molar-refractivity contribution is 5.78. The largest absolute Gasteiger partial charge is 0.508 e. The van der Waals surface area contributed by atoms with E-state index in [9.17, 15) is 9.90 Å². The number of phenolic OH excluding ortho intramolecular Hbond substituents is 1. The average Bonchev–Trinajstić information content (AvgIpc) is 2.78. The van der Waals surface area contributed by atoms with Crippen molar-refractivity contribution in [2.75, 3.05) is 59.0 Å². The van der Waals surface area contributed by atoms with Crippen molar-refractivity contribution in [3.63, 3.8) is 0 Å². The molecule has 0 saturated carbocycles. The molecule has 1 fully saturated rings. The van der Waals surface area contributed by atoms with E-state index in [0.717, 1.165) is 37.4 Å². The van der Waals surface area contributed by atoms with Crippen molar-refractivity contribution < 1.29 is 24.1 Å². The Hall–Kier alpha value is -3.13. The van der Waals surface area contributed by atoms with Crippen LogP contribution < -0.4 is 24.4 Å². The number of phenols is 1. The maximum atomic E-state index is 12.5. The van der Waals surface area contributed by atoms with Crippen molar-refractivity contribution in [1.82, 2.24) is 10.2 Å². The quantitative estimate of drug-likeness (QED) is 0.681. The van der Waals surface area contributed by atoms with Crippen LogP contribution in [0.5, 0.6) is 23.0 Å². The summed E-state index contributed by atoms with van der Waals surface area (Å²) >= 11 is 0. The minimum atomic E-state index is -0.0371. The Morgan fingerprint density at radius 1 is 0.933 bits per heavy atom. The number of rotatable bonds is 8. The Morgan fingerprint density at radius 2 is 1.53 bits per heavy atom. The van der Waals surface area contributed by atoms with Gasteiger partial charge in [0.15, 0.2) is 11.5 Å². The van der Waals surface area contributed by atoms with E-state index in [-0.39, 0.29) is 11.7 Å². The molecule has 162 valence electrons. The fraction of sp³-hybridized carbons (Fsp3) is 0.409. The van der Waals surface area contributed by atoms with Gasteiger partial charge in [0, 0.05) is 50.0 Å². The number of nitrogens with one attached hydrogen (secondary N) is 1. The first kappa shape index (κ1) is 21.6. The maximum Gasteiger partial charge on any atom is 0.234 e. The van der Waals surface area contributed by atoms with Crippen molar-refractivity contribution in [1.29, 1.82) is 0 Å². The van der Waals surface area contributed by atoms with Crippen molar-refractivity contribution in [3.05, 3.63) is 42.0 Å². The predicted octanol–water partition coefficient (Wildman–Crippen LogP) is 1.86. The smallest absolute Gasteiger partial charge is 0.234 e. The highest BCUT2D eigenvalue weighted by Crippen LogP contribution is 2.34. The summed E-state index contributed by atoms with van der Waals surface area (Å²) in [4.78, 5) is 16.8. The summed E-state index contributed by atoms with van der Waals surface area (Å²) < 4.78 is 16.0. The highest BCUT2D eigenvalue weighted by atomic mass is 16.5. The molecule has 0 aromatic heterocycles. The van der Waals surface area contributed by atoms with Crippen molar-refractivity contribution in [3.8, 4) is 23.0 Å². The fourth-order valence-corrected chi connectivity index (χ4v) is 3.51. The number of amides is 1. The molecule has 1 saturated heterocycles. The summed E-state index contributed by atoms with van der Waals surface area (Å²) in [7, 11) is 4.73. The molecule has 0 atom stereocenters. The van der Waals surface area contributed by atoms with Gasteiger partial charge in [-0.25, -0.2) is 0 Å². The number of anilines is 1. The van der Waals surface area contributed by atoms with Crippen molar-refractivity contribution >= 4 is 11.6 Å². The zero-order chi connectivity index (χ0) is 21.5. The Bertz CT molecular complexity index is 849. The summed E-state index contributed by atoms with van der Waals surface area (Å²) in [6.45, 7) is 3.96. The Kier molecular flexibility index (Phi) is 7.24. The van der Waals surface area contributed by atoms with E-state index in [1.54, 1.807) is 39.5 Å². The minimum absolute atomic E-state index is 0.0371. The second-order valence-electron chi connectivity index (χ2n) is 7.08. The molecule has 0 unspecified atom stereocenters. The first-order chi connectivity index (χ1) is 14.5. The van der Waals surface area contributed by atoms with Gasteiger partial charge in [0.2, 0.25) is 5.91 Å². The summed E-state index contributed by atoms with van der Waals surface area (Å²) in [5.74, 6) is 2.03. The van der Waals surface area contributed by atoms with Gasteiger partial charge in [0.1, 0.15) is 11.5 Å². The molecule has 2 aromatic rings. The van der Waals surface area contributed by atoms with Crippen LogP contribution in [-0.2, 0) is 11.3 Å². The molecule has 1 amide bonds. The molecule has 8 heteroatoms. The minimum Gasteiger partial charge on any atom is -0.508 e. The van der Waals surface area contributed by atoms with E-state index in [0.29, 0.717) is 30.3 Å². The Labute approximate surface area is 176 Å². The standard InChI is InChI=1S/C22H29N3O5/c1-28-19-13-21(30-3)20(29-2)12-16(19)14-23-22(27)15-24-8-10-25(11-9-24)17-4-6-18(26)7-5-17/h4-7,12-13,26H,8-11,14-15H2,1-3H3,(H,23,27). The third kappa shape index (κ3) is 5.27. The molecule has 2 aromatic carbocycles. The van der Waals surface area contributed by atoms with Gasteiger partial charge >= 0.3 is 0 Å². The first-order valence-corrected chi connectivity index (χ1v) is 9.86. The molecular weight excluding hydrogens is 386 g/mol. The lowest BCUT2D eigenvalue weighted by molar-refractivity contribution is -0.122. The topological polar surface area (TPSA) is 83.5 Å². The van der Waals surface area contributed by atoms with E-state index in [1.807, 2.05) is 18.2 Å². The number of hydrogen-bond acceptors (Lipinski definition) is 7. The zero-order valence-electron chi connectivity index (χ0n) is 17.7. The van der Waals surface area contributed by atoms with Crippen LogP contribution in [0.3, 0.4) is 0 Å². The third-order valence-electron chi connectivity index (χ3n) is 5.22. The van der Waals surface area contributed by atoms with Crippen molar-refractivity contribution in [2.24, 2.45) is 0 Å². The van der Waals surface area contributed by atoms with Crippen molar-refractivity contribution in [2.45, 2.75) is 6.54 Å². The van der Waals surface area contributed by atoms with Gasteiger partial charge in [0.25, 0.3) is 0 Å². The Balaban J connectivity index is 1.50. The van der Waals surface area contributed by atoms with Gasteiger partial charge in [-0.1, -0.05) is 0 Å². The van der Waals surface area contributed by atoms with Crippen LogP contribution in [0.15, 0.2) is 36.4 Å². The Morgan fingerprint density at radius 3 is 2.13 bits per heavy atom. The summed E-state index contributed by atoms with van der Waals surface area (Å²) in [6.07, 6.45) is 0. The number of aromatic hydroxyl groups is 1. The highest BCUT2D eigenvalue weighted by Gasteiger charge is 2.20. The molecule has 0 aliphatic carbocycles. The molecule has 30 heavy (non-hydrogen) atoms. The fourth-order valence-electron chi connectivity index (χ4n) is 3.51. The van der Waals surface area contributed by atoms with E-state index in [2.05, 4.69) is 15.1 Å². The molecular formula is C22H29N3O5. The second-order valence-corrected chi connectivity index (χ2v) is 7.08. The number of ether oxygens (including phenoxy) is 3.